The average molecular weight is 394 g/mol. The monoisotopic (exact) mass is 394 g/mol. The summed E-state index contributed by atoms with van der Waals surface area (Å²) in [5, 5.41) is 10.1. The number of nitrogens with zero attached hydrogens (tertiary/aromatic N) is 2. The fraction of sp³-hybridized carbons (Fsp3) is 0.188. The van der Waals surface area contributed by atoms with Gasteiger partial charge in [-0.2, -0.15) is 0 Å². The largest absolute Gasteiger partial charge is 0.491 e. The van der Waals surface area contributed by atoms with E-state index in [9.17, 15) is 5.11 Å². The lowest BCUT2D eigenvalue weighted by molar-refractivity contribution is 0.0934. The maximum absolute atomic E-state index is 10.1. The van der Waals surface area contributed by atoms with Gasteiger partial charge in [-0.25, -0.2) is 4.98 Å². The molecule has 0 spiro atoms. The van der Waals surface area contributed by atoms with Crippen LogP contribution in [0.2, 0.25) is 0 Å². The number of imidazole rings is 1. The topological polar surface area (TPSA) is 47.3 Å². The number of aliphatic hydroxyl groups excluding tert-OH is 1. The van der Waals surface area contributed by atoms with Crippen LogP contribution in [0.1, 0.15) is 0 Å². The van der Waals surface area contributed by atoms with Crippen molar-refractivity contribution in [3.8, 4) is 5.75 Å². The Balaban J connectivity index is 1.61. The summed E-state index contributed by atoms with van der Waals surface area (Å²) >= 11 is 2.25. The summed E-state index contributed by atoms with van der Waals surface area (Å²) in [6, 6.07) is 15.6. The summed E-state index contributed by atoms with van der Waals surface area (Å²) in [6.45, 7) is 0.720. The number of rotatable bonds is 5. The first-order valence-electron chi connectivity index (χ1n) is 6.69. The number of hydrogen-bond donors (Lipinski definition) is 1. The molecule has 0 aliphatic carbocycles. The molecule has 4 nitrogen and oxygen atoms in total. The number of halogens is 1. The summed E-state index contributed by atoms with van der Waals surface area (Å²) in [5.41, 5.74) is 1.95. The Labute approximate surface area is 136 Å². The zero-order chi connectivity index (χ0) is 14.7. The summed E-state index contributed by atoms with van der Waals surface area (Å²) in [7, 11) is 0. The fourth-order valence-electron chi connectivity index (χ4n) is 2.16. The third-order valence-corrected chi connectivity index (χ3v) is 3.91. The molecule has 1 atom stereocenters. The minimum absolute atomic E-state index is 0.257. The van der Waals surface area contributed by atoms with Gasteiger partial charge in [-0.1, -0.05) is 12.1 Å². The molecule has 0 aliphatic rings. The van der Waals surface area contributed by atoms with Gasteiger partial charge >= 0.3 is 0 Å². The van der Waals surface area contributed by atoms with E-state index in [-0.39, 0.29) is 6.61 Å². The fourth-order valence-corrected chi connectivity index (χ4v) is 2.52. The lowest BCUT2D eigenvalue weighted by Gasteiger charge is -2.13. The van der Waals surface area contributed by atoms with Gasteiger partial charge in [-0.05, 0) is 59.0 Å². The molecule has 0 amide bonds. The van der Waals surface area contributed by atoms with Crippen molar-refractivity contribution >= 4 is 33.6 Å². The lowest BCUT2D eigenvalue weighted by atomic mass is 10.3. The van der Waals surface area contributed by atoms with Crippen molar-refractivity contribution in [2.24, 2.45) is 0 Å². The Morgan fingerprint density at radius 2 is 1.90 bits per heavy atom. The van der Waals surface area contributed by atoms with Gasteiger partial charge in [0.05, 0.1) is 23.9 Å². The molecular formula is C16H15IN2O2. The molecule has 21 heavy (non-hydrogen) atoms. The van der Waals surface area contributed by atoms with Gasteiger partial charge in [0.25, 0.3) is 0 Å². The zero-order valence-corrected chi connectivity index (χ0v) is 13.5. The van der Waals surface area contributed by atoms with Crippen LogP contribution in [-0.4, -0.2) is 27.4 Å². The maximum atomic E-state index is 10.1. The molecule has 1 heterocycles. The Morgan fingerprint density at radius 3 is 2.71 bits per heavy atom. The summed E-state index contributed by atoms with van der Waals surface area (Å²) in [6.07, 6.45) is 1.17. The summed E-state index contributed by atoms with van der Waals surface area (Å²) in [5.74, 6) is 0.768. The van der Waals surface area contributed by atoms with E-state index in [2.05, 4.69) is 27.6 Å². The van der Waals surface area contributed by atoms with Crippen molar-refractivity contribution < 1.29 is 9.84 Å². The van der Waals surface area contributed by atoms with Gasteiger partial charge in [0.15, 0.2) is 0 Å². The predicted molar refractivity (Wildman–Crippen MR) is 90.4 cm³/mol. The van der Waals surface area contributed by atoms with E-state index >= 15 is 0 Å². The van der Waals surface area contributed by atoms with E-state index in [1.165, 1.54) is 0 Å². The summed E-state index contributed by atoms with van der Waals surface area (Å²) in [4.78, 5) is 4.31. The predicted octanol–water partition coefficient (Wildman–Crippen LogP) is 3.08. The van der Waals surface area contributed by atoms with Gasteiger partial charge < -0.3 is 14.4 Å². The summed E-state index contributed by atoms with van der Waals surface area (Å²) < 4.78 is 8.70. The first kappa shape index (κ1) is 14.3. The highest BCUT2D eigenvalue weighted by Crippen LogP contribution is 2.15. The average Bonchev–Trinajstić information content (AvgIpc) is 2.90. The van der Waals surface area contributed by atoms with Crippen LogP contribution >= 0.6 is 22.6 Å². The van der Waals surface area contributed by atoms with Crippen LogP contribution in [0.4, 0.5) is 0 Å². The molecule has 1 unspecified atom stereocenters. The van der Waals surface area contributed by atoms with E-state index in [4.69, 9.17) is 4.74 Å². The molecule has 3 rings (SSSR count). The molecule has 0 aliphatic heterocycles. The molecule has 0 radical (unpaired) electrons. The number of aromatic nitrogens is 2. The molecule has 108 valence electrons. The number of fused-ring (bicyclic) bond motifs is 1. The third kappa shape index (κ3) is 3.54. The molecule has 3 aromatic rings. The van der Waals surface area contributed by atoms with E-state index in [0.29, 0.717) is 6.54 Å². The number of benzene rings is 2. The lowest BCUT2D eigenvalue weighted by Crippen LogP contribution is -2.23. The highest BCUT2D eigenvalue weighted by atomic mass is 127. The Bertz CT molecular complexity index is 724. The van der Waals surface area contributed by atoms with Crippen molar-refractivity contribution in [2.45, 2.75) is 12.6 Å². The smallest absolute Gasteiger partial charge is 0.119 e. The van der Waals surface area contributed by atoms with Crippen LogP contribution in [0.15, 0.2) is 54.9 Å². The minimum atomic E-state index is -0.582. The van der Waals surface area contributed by atoms with Crippen LogP contribution < -0.4 is 4.74 Å². The second-order valence-electron chi connectivity index (χ2n) is 4.80. The van der Waals surface area contributed by atoms with Crippen molar-refractivity contribution in [3.05, 3.63) is 58.4 Å². The van der Waals surface area contributed by atoms with Gasteiger partial charge in [0.1, 0.15) is 18.5 Å². The van der Waals surface area contributed by atoms with Crippen LogP contribution in [0.5, 0.6) is 5.75 Å². The maximum Gasteiger partial charge on any atom is 0.119 e. The Hall–Kier alpha value is -1.60. The molecule has 0 fully saturated rings. The van der Waals surface area contributed by atoms with E-state index < -0.39 is 6.10 Å². The second-order valence-corrected chi connectivity index (χ2v) is 6.05. The minimum Gasteiger partial charge on any atom is -0.491 e. The molecular weight excluding hydrogens is 379 g/mol. The molecule has 0 bridgehead atoms. The van der Waals surface area contributed by atoms with E-state index in [1.807, 2.05) is 53.1 Å². The molecule has 1 N–H and O–H groups in total. The Kier molecular flexibility index (Phi) is 4.40. The number of aliphatic hydroxyl groups is 1. The third-order valence-electron chi connectivity index (χ3n) is 3.19. The molecule has 0 saturated carbocycles. The van der Waals surface area contributed by atoms with Crippen LogP contribution in [-0.2, 0) is 6.54 Å². The van der Waals surface area contributed by atoms with Crippen molar-refractivity contribution in [1.29, 1.82) is 0 Å². The first-order valence-corrected chi connectivity index (χ1v) is 7.76. The number of hydrogen-bond acceptors (Lipinski definition) is 3. The van der Waals surface area contributed by atoms with Gasteiger partial charge in [-0.3, -0.25) is 0 Å². The standard InChI is InChI=1S/C16H15IN2O2/c17-12-5-7-14(8-6-12)21-10-13(20)9-19-11-18-15-3-1-2-4-16(15)19/h1-8,11,13,20H,9-10H2. The van der Waals surface area contributed by atoms with Gasteiger partial charge in [0, 0.05) is 3.57 Å². The number of ether oxygens (including phenoxy) is 1. The van der Waals surface area contributed by atoms with Crippen molar-refractivity contribution in [3.63, 3.8) is 0 Å². The van der Waals surface area contributed by atoms with Gasteiger partial charge in [0.2, 0.25) is 0 Å². The highest BCUT2D eigenvalue weighted by molar-refractivity contribution is 14.1. The molecule has 5 heteroatoms. The molecule has 0 saturated heterocycles. The van der Waals surface area contributed by atoms with E-state index in [0.717, 1.165) is 20.4 Å². The second kappa shape index (κ2) is 6.44. The zero-order valence-electron chi connectivity index (χ0n) is 11.3. The number of para-hydroxylation sites is 2. The van der Waals surface area contributed by atoms with Crippen LogP contribution in [0.3, 0.4) is 0 Å². The normalized spacial score (nSPS) is 12.5. The molecule has 2 aromatic carbocycles. The van der Waals surface area contributed by atoms with E-state index in [1.54, 1.807) is 6.33 Å². The van der Waals surface area contributed by atoms with Crippen molar-refractivity contribution in [2.75, 3.05) is 6.61 Å². The first-order chi connectivity index (χ1) is 10.2. The van der Waals surface area contributed by atoms with Crippen molar-refractivity contribution in [1.82, 2.24) is 9.55 Å². The van der Waals surface area contributed by atoms with Gasteiger partial charge in [-0.15, -0.1) is 0 Å². The Morgan fingerprint density at radius 1 is 1.14 bits per heavy atom. The van der Waals surface area contributed by atoms with Crippen LogP contribution in [0.25, 0.3) is 11.0 Å². The quantitative estimate of drug-likeness (QED) is 0.677. The van der Waals surface area contributed by atoms with Crippen LogP contribution in [0, 0.1) is 3.57 Å². The highest BCUT2D eigenvalue weighted by Gasteiger charge is 2.09. The SMILES string of the molecule is OC(COc1ccc(I)cc1)Cn1cnc2ccccc21. The molecule has 1 aromatic heterocycles.